The molecule has 0 saturated carbocycles. The molecule has 1 heterocycles. The highest BCUT2D eigenvalue weighted by Gasteiger charge is 1.82. The van der Waals surface area contributed by atoms with Gasteiger partial charge in [-0.2, -0.15) is 0 Å². The molecule has 0 aliphatic rings. The third kappa shape index (κ3) is 3.17. The van der Waals surface area contributed by atoms with Gasteiger partial charge in [0.2, 0.25) is 0 Å². The van der Waals surface area contributed by atoms with Crippen LogP contribution >= 0.6 is 0 Å². The lowest BCUT2D eigenvalue weighted by atomic mass is 10.4. The Kier molecular flexibility index (Phi) is 4.46. The summed E-state index contributed by atoms with van der Waals surface area (Å²) in [4.78, 5) is 7.94. The van der Waals surface area contributed by atoms with E-state index in [-0.39, 0.29) is 0 Å². The van der Waals surface area contributed by atoms with Crippen LogP contribution in [0.2, 0.25) is 0 Å². The van der Waals surface area contributed by atoms with Gasteiger partial charge >= 0.3 is 0 Å². The first-order valence-corrected chi connectivity index (χ1v) is 3.54. The lowest BCUT2D eigenvalue weighted by Crippen LogP contribution is -1.84. The molecule has 0 radical (unpaired) electrons. The number of hydrogen-bond donors (Lipinski definition) is 0. The number of aryl methyl sites for hydroxylation is 2. The van der Waals surface area contributed by atoms with E-state index >= 15 is 0 Å². The van der Waals surface area contributed by atoms with Crippen LogP contribution in [0.4, 0.5) is 0 Å². The first-order chi connectivity index (χ1) is 4.79. The summed E-state index contributed by atoms with van der Waals surface area (Å²) in [6, 6.07) is 0. The number of hydrogen-bond acceptors (Lipinski definition) is 2. The smallest absolute Gasteiger partial charge is 0.125 e. The summed E-state index contributed by atoms with van der Waals surface area (Å²) in [6.45, 7) is 7.85. The van der Waals surface area contributed by atoms with E-state index in [0.717, 1.165) is 11.4 Å². The van der Waals surface area contributed by atoms with E-state index in [1.165, 1.54) is 0 Å². The zero-order chi connectivity index (χ0) is 7.98. The Balaban J connectivity index is 0.000000371. The quantitative estimate of drug-likeness (QED) is 0.548. The van der Waals surface area contributed by atoms with Crippen LogP contribution in [0.15, 0.2) is 12.4 Å². The van der Waals surface area contributed by atoms with E-state index in [4.69, 9.17) is 0 Å². The SMILES string of the molecule is CC.Cc1cnc(C)nc1. The van der Waals surface area contributed by atoms with Crippen LogP contribution in [0.5, 0.6) is 0 Å². The van der Waals surface area contributed by atoms with Gasteiger partial charge in [-0.05, 0) is 19.4 Å². The molecule has 0 aromatic carbocycles. The van der Waals surface area contributed by atoms with E-state index in [1.807, 2.05) is 40.1 Å². The summed E-state index contributed by atoms with van der Waals surface area (Å²) in [5.74, 6) is 0.829. The van der Waals surface area contributed by atoms with Gasteiger partial charge in [-0.25, -0.2) is 9.97 Å². The van der Waals surface area contributed by atoms with Gasteiger partial charge in [0.05, 0.1) is 0 Å². The summed E-state index contributed by atoms with van der Waals surface area (Å²) in [6.07, 6.45) is 3.62. The van der Waals surface area contributed by atoms with Crippen LogP contribution in [0.25, 0.3) is 0 Å². The minimum atomic E-state index is 0.829. The average molecular weight is 138 g/mol. The molecular weight excluding hydrogens is 124 g/mol. The Morgan fingerprint density at radius 2 is 1.40 bits per heavy atom. The maximum Gasteiger partial charge on any atom is 0.125 e. The van der Waals surface area contributed by atoms with Crippen molar-refractivity contribution in [3.63, 3.8) is 0 Å². The molecule has 0 aliphatic heterocycles. The molecule has 0 N–H and O–H groups in total. The Morgan fingerprint density at radius 1 is 1.00 bits per heavy atom. The molecule has 0 atom stereocenters. The summed E-state index contributed by atoms with van der Waals surface area (Å²) in [7, 11) is 0. The Hall–Kier alpha value is -0.920. The normalized spacial score (nSPS) is 8.00. The molecule has 10 heavy (non-hydrogen) atoms. The molecule has 0 aliphatic carbocycles. The van der Waals surface area contributed by atoms with Crippen LogP contribution in [0.3, 0.4) is 0 Å². The van der Waals surface area contributed by atoms with Crippen molar-refractivity contribution in [3.05, 3.63) is 23.8 Å². The van der Waals surface area contributed by atoms with Crippen molar-refractivity contribution >= 4 is 0 Å². The fourth-order valence-electron chi connectivity index (χ4n) is 0.457. The minimum Gasteiger partial charge on any atom is -0.241 e. The molecule has 0 amide bonds. The lowest BCUT2D eigenvalue weighted by Gasteiger charge is -1.88. The highest BCUT2D eigenvalue weighted by molar-refractivity contribution is 5.00. The van der Waals surface area contributed by atoms with E-state index in [2.05, 4.69) is 9.97 Å². The van der Waals surface area contributed by atoms with Gasteiger partial charge < -0.3 is 0 Å². The second-order valence-electron chi connectivity index (χ2n) is 1.81. The molecule has 1 aromatic rings. The fourth-order valence-corrected chi connectivity index (χ4v) is 0.457. The van der Waals surface area contributed by atoms with Crippen LogP contribution in [0.1, 0.15) is 25.2 Å². The van der Waals surface area contributed by atoms with Gasteiger partial charge in [0, 0.05) is 12.4 Å². The van der Waals surface area contributed by atoms with Crippen molar-refractivity contribution in [1.82, 2.24) is 9.97 Å². The maximum atomic E-state index is 3.97. The molecular formula is C8H14N2. The summed E-state index contributed by atoms with van der Waals surface area (Å²) < 4.78 is 0. The zero-order valence-corrected chi connectivity index (χ0v) is 7.05. The molecule has 56 valence electrons. The first-order valence-electron chi connectivity index (χ1n) is 3.54. The topological polar surface area (TPSA) is 25.8 Å². The standard InChI is InChI=1S/C6H8N2.C2H6/c1-5-3-7-6(2)8-4-5;1-2/h3-4H,1-2H3;1-2H3. The van der Waals surface area contributed by atoms with Crippen molar-refractivity contribution in [1.29, 1.82) is 0 Å². The molecule has 0 bridgehead atoms. The van der Waals surface area contributed by atoms with Crippen molar-refractivity contribution in [2.75, 3.05) is 0 Å². The molecule has 2 nitrogen and oxygen atoms in total. The van der Waals surface area contributed by atoms with E-state index in [0.29, 0.717) is 0 Å². The average Bonchev–Trinajstić information content (AvgIpc) is 2.00. The van der Waals surface area contributed by atoms with Crippen molar-refractivity contribution in [3.8, 4) is 0 Å². The largest absolute Gasteiger partial charge is 0.241 e. The number of aromatic nitrogens is 2. The highest BCUT2D eigenvalue weighted by Crippen LogP contribution is 1.89. The summed E-state index contributed by atoms with van der Waals surface area (Å²) in [5, 5.41) is 0. The van der Waals surface area contributed by atoms with Gasteiger partial charge in [0.1, 0.15) is 5.82 Å². The van der Waals surface area contributed by atoms with Crippen LogP contribution in [-0.2, 0) is 0 Å². The number of nitrogens with zero attached hydrogens (tertiary/aromatic N) is 2. The maximum absolute atomic E-state index is 3.97. The van der Waals surface area contributed by atoms with E-state index in [9.17, 15) is 0 Å². The van der Waals surface area contributed by atoms with Gasteiger partial charge in [-0.1, -0.05) is 13.8 Å². The Labute approximate surface area is 62.3 Å². The van der Waals surface area contributed by atoms with Crippen LogP contribution in [0, 0.1) is 13.8 Å². The van der Waals surface area contributed by atoms with Crippen molar-refractivity contribution in [2.24, 2.45) is 0 Å². The minimum absolute atomic E-state index is 0.829. The second kappa shape index (κ2) is 4.91. The van der Waals surface area contributed by atoms with Gasteiger partial charge in [-0.3, -0.25) is 0 Å². The number of rotatable bonds is 0. The lowest BCUT2D eigenvalue weighted by molar-refractivity contribution is 1.03. The summed E-state index contributed by atoms with van der Waals surface area (Å²) in [5.41, 5.74) is 1.11. The predicted molar refractivity (Wildman–Crippen MR) is 42.9 cm³/mol. The van der Waals surface area contributed by atoms with E-state index < -0.39 is 0 Å². The molecule has 0 fully saturated rings. The molecule has 0 saturated heterocycles. The van der Waals surface area contributed by atoms with Crippen molar-refractivity contribution in [2.45, 2.75) is 27.7 Å². The molecule has 1 aromatic heterocycles. The van der Waals surface area contributed by atoms with Gasteiger partial charge in [-0.15, -0.1) is 0 Å². The summed E-state index contributed by atoms with van der Waals surface area (Å²) >= 11 is 0. The van der Waals surface area contributed by atoms with Crippen LogP contribution < -0.4 is 0 Å². The van der Waals surface area contributed by atoms with Crippen LogP contribution in [-0.4, -0.2) is 9.97 Å². The van der Waals surface area contributed by atoms with Gasteiger partial charge in [0.25, 0.3) is 0 Å². The molecule has 2 heteroatoms. The fraction of sp³-hybridized carbons (Fsp3) is 0.500. The Bertz CT molecular complexity index is 146. The molecule has 0 unspecified atom stereocenters. The van der Waals surface area contributed by atoms with Crippen molar-refractivity contribution < 1.29 is 0 Å². The van der Waals surface area contributed by atoms with E-state index in [1.54, 1.807) is 0 Å². The third-order valence-electron chi connectivity index (χ3n) is 0.910. The van der Waals surface area contributed by atoms with Gasteiger partial charge in [0.15, 0.2) is 0 Å². The zero-order valence-electron chi connectivity index (χ0n) is 7.05. The predicted octanol–water partition coefficient (Wildman–Crippen LogP) is 2.12. The highest BCUT2D eigenvalue weighted by atomic mass is 14.8. The third-order valence-corrected chi connectivity index (χ3v) is 0.910. The first kappa shape index (κ1) is 9.08. The Morgan fingerprint density at radius 3 is 1.70 bits per heavy atom. The molecule has 0 spiro atoms. The molecule has 1 rings (SSSR count). The monoisotopic (exact) mass is 138 g/mol. The second-order valence-corrected chi connectivity index (χ2v) is 1.81.